The summed E-state index contributed by atoms with van der Waals surface area (Å²) in [6, 6.07) is 0. The van der Waals surface area contributed by atoms with Crippen LogP contribution < -0.4 is 5.32 Å². The fourth-order valence-corrected chi connectivity index (χ4v) is 2.73. The predicted octanol–water partition coefficient (Wildman–Crippen LogP) is 2.72. The lowest BCUT2D eigenvalue weighted by Crippen LogP contribution is -2.21. The Labute approximate surface area is 98.1 Å². The number of nitrogens with zero attached hydrogens (tertiary/aromatic N) is 1. The predicted molar refractivity (Wildman–Crippen MR) is 66.0 cm³/mol. The maximum Gasteiger partial charge on any atom is 0.120 e. The lowest BCUT2D eigenvalue weighted by molar-refractivity contribution is 0.267. The molecule has 2 unspecified atom stereocenters. The van der Waals surface area contributed by atoms with E-state index in [1.54, 1.807) is 6.20 Å². The van der Waals surface area contributed by atoms with Crippen LogP contribution in [0.2, 0.25) is 0 Å². The Balaban J connectivity index is 1.57. The SMILES string of the molecule is CC1CCCC(CCNCc2ncc[nH]2)C1. The Morgan fingerprint density at radius 2 is 2.44 bits per heavy atom. The van der Waals surface area contributed by atoms with E-state index in [1.807, 2.05) is 6.20 Å². The first kappa shape index (κ1) is 11.6. The van der Waals surface area contributed by atoms with Crippen molar-refractivity contribution in [2.45, 2.75) is 45.6 Å². The number of aromatic amines is 1. The van der Waals surface area contributed by atoms with Crippen LogP contribution in [0.5, 0.6) is 0 Å². The van der Waals surface area contributed by atoms with Crippen LogP contribution >= 0.6 is 0 Å². The summed E-state index contributed by atoms with van der Waals surface area (Å²) in [7, 11) is 0. The van der Waals surface area contributed by atoms with Crippen LogP contribution in [0, 0.1) is 11.8 Å². The van der Waals surface area contributed by atoms with Crippen molar-refractivity contribution in [2.24, 2.45) is 11.8 Å². The molecule has 0 aromatic carbocycles. The molecule has 16 heavy (non-hydrogen) atoms. The summed E-state index contributed by atoms with van der Waals surface area (Å²) in [4.78, 5) is 7.30. The summed E-state index contributed by atoms with van der Waals surface area (Å²) in [5.74, 6) is 2.94. The second-order valence-electron chi connectivity index (χ2n) is 5.14. The van der Waals surface area contributed by atoms with E-state index < -0.39 is 0 Å². The zero-order chi connectivity index (χ0) is 11.2. The summed E-state index contributed by atoms with van der Waals surface area (Å²) in [6.07, 6.45) is 10.8. The molecule has 2 rings (SSSR count). The number of hydrogen-bond acceptors (Lipinski definition) is 2. The van der Waals surface area contributed by atoms with E-state index in [1.165, 1.54) is 32.1 Å². The van der Waals surface area contributed by atoms with Gasteiger partial charge in [-0.3, -0.25) is 0 Å². The van der Waals surface area contributed by atoms with Gasteiger partial charge in [-0.2, -0.15) is 0 Å². The minimum atomic E-state index is 0.870. The van der Waals surface area contributed by atoms with Crippen LogP contribution in [0.25, 0.3) is 0 Å². The van der Waals surface area contributed by atoms with E-state index in [4.69, 9.17) is 0 Å². The van der Waals surface area contributed by atoms with Gasteiger partial charge in [0.25, 0.3) is 0 Å². The summed E-state index contributed by atoms with van der Waals surface area (Å²) < 4.78 is 0. The normalized spacial score (nSPS) is 25.8. The van der Waals surface area contributed by atoms with Gasteiger partial charge in [0.15, 0.2) is 0 Å². The Morgan fingerprint density at radius 1 is 1.50 bits per heavy atom. The lowest BCUT2D eigenvalue weighted by Gasteiger charge is -2.26. The standard InChI is InChI=1S/C13H23N3/c1-11-3-2-4-12(9-11)5-6-14-10-13-15-7-8-16-13/h7-8,11-12,14H,2-6,9-10H2,1H3,(H,15,16). The Kier molecular flexibility index (Phi) is 4.40. The Bertz CT molecular complexity index is 281. The lowest BCUT2D eigenvalue weighted by atomic mass is 9.81. The van der Waals surface area contributed by atoms with Crippen LogP contribution in [0.3, 0.4) is 0 Å². The van der Waals surface area contributed by atoms with Crippen molar-refractivity contribution < 1.29 is 0 Å². The molecular formula is C13H23N3. The summed E-state index contributed by atoms with van der Waals surface area (Å²) in [5.41, 5.74) is 0. The average molecular weight is 221 g/mol. The van der Waals surface area contributed by atoms with Crippen LogP contribution in [-0.2, 0) is 6.54 Å². The van der Waals surface area contributed by atoms with Gasteiger partial charge in [0.2, 0.25) is 0 Å². The summed E-state index contributed by atoms with van der Waals surface area (Å²) >= 11 is 0. The topological polar surface area (TPSA) is 40.7 Å². The molecule has 3 heteroatoms. The van der Waals surface area contributed by atoms with E-state index in [0.29, 0.717) is 0 Å². The van der Waals surface area contributed by atoms with Gasteiger partial charge in [-0.25, -0.2) is 4.98 Å². The van der Waals surface area contributed by atoms with E-state index in [0.717, 1.165) is 30.7 Å². The molecule has 1 fully saturated rings. The van der Waals surface area contributed by atoms with Gasteiger partial charge in [-0.15, -0.1) is 0 Å². The van der Waals surface area contributed by atoms with Crippen molar-refractivity contribution in [2.75, 3.05) is 6.54 Å². The van der Waals surface area contributed by atoms with Gasteiger partial charge in [-0.05, 0) is 31.2 Å². The minimum Gasteiger partial charge on any atom is -0.348 e. The molecule has 1 aliphatic rings. The van der Waals surface area contributed by atoms with Gasteiger partial charge in [0, 0.05) is 12.4 Å². The van der Waals surface area contributed by atoms with Gasteiger partial charge >= 0.3 is 0 Å². The van der Waals surface area contributed by atoms with Crippen molar-refractivity contribution in [3.63, 3.8) is 0 Å². The van der Waals surface area contributed by atoms with E-state index in [-0.39, 0.29) is 0 Å². The first-order chi connectivity index (χ1) is 7.84. The van der Waals surface area contributed by atoms with Crippen molar-refractivity contribution in [1.82, 2.24) is 15.3 Å². The quantitative estimate of drug-likeness (QED) is 0.751. The van der Waals surface area contributed by atoms with Gasteiger partial charge in [0.1, 0.15) is 5.82 Å². The van der Waals surface area contributed by atoms with Crippen molar-refractivity contribution in [3.8, 4) is 0 Å². The molecule has 0 saturated heterocycles. The highest BCUT2D eigenvalue weighted by Crippen LogP contribution is 2.30. The molecule has 0 aliphatic heterocycles. The molecule has 0 spiro atoms. The second-order valence-corrected chi connectivity index (χ2v) is 5.14. The molecule has 2 N–H and O–H groups in total. The third-order valence-corrected chi connectivity index (χ3v) is 3.62. The van der Waals surface area contributed by atoms with Crippen LogP contribution in [0.1, 0.15) is 44.9 Å². The van der Waals surface area contributed by atoms with E-state index >= 15 is 0 Å². The maximum absolute atomic E-state index is 4.19. The number of H-pyrrole nitrogens is 1. The molecule has 1 aromatic rings. The number of imidazole rings is 1. The highest BCUT2D eigenvalue weighted by atomic mass is 15.0. The van der Waals surface area contributed by atoms with E-state index in [2.05, 4.69) is 22.2 Å². The van der Waals surface area contributed by atoms with Crippen LogP contribution in [-0.4, -0.2) is 16.5 Å². The highest BCUT2D eigenvalue weighted by Gasteiger charge is 2.17. The number of nitrogens with one attached hydrogen (secondary N) is 2. The minimum absolute atomic E-state index is 0.870. The molecule has 90 valence electrons. The monoisotopic (exact) mass is 221 g/mol. The average Bonchev–Trinajstić information content (AvgIpc) is 2.77. The fraction of sp³-hybridized carbons (Fsp3) is 0.769. The summed E-state index contributed by atoms with van der Waals surface area (Å²) in [6.45, 7) is 4.38. The van der Waals surface area contributed by atoms with Gasteiger partial charge < -0.3 is 10.3 Å². The molecule has 0 radical (unpaired) electrons. The molecule has 1 aromatic heterocycles. The highest BCUT2D eigenvalue weighted by molar-refractivity contribution is 4.85. The van der Waals surface area contributed by atoms with Crippen molar-refractivity contribution in [1.29, 1.82) is 0 Å². The molecule has 3 nitrogen and oxygen atoms in total. The summed E-state index contributed by atoms with van der Waals surface area (Å²) in [5, 5.41) is 3.46. The zero-order valence-electron chi connectivity index (χ0n) is 10.2. The molecule has 1 saturated carbocycles. The molecule has 2 atom stereocenters. The number of rotatable bonds is 5. The third kappa shape index (κ3) is 3.63. The Morgan fingerprint density at radius 3 is 3.19 bits per heavy atom. The number of aromatic nitrogens is 2. The molecule has 1 aliphatic carbocycles. The zero-order valence-corrected chi connectivity index (χ0v) is 10.2. The second kappa shape index (κ2) is 6.04. The van der Waals surface area contributed by atoms with Gasteiger partial charge in [0.05, 0.1) is 6.54 Å². The van der Waals surface area contributed by atoms with Crippen molar-refractivity contribution >= 4 is 0 Å². The van der Waals surface area contributed by atoms with Crippen LogP contribution in [0.15, 0.2) is 12.4 Å². The largest absolute Gasteiger partial charge is 0.348 e. The smallest absolute Gasteiger partial charge is 0.120 e. The number of hydrogen-bond donors (Lipinski definition) is 2. The van der Waals surface area contributed by atoms with E-state index in [9.17, 15) is 0 Å². The third-order valence-electron chi connectivity index (χ3n) is 3.62. The molecule has 0 bridgehead atoms. The first-order valence-electron chi connectivity index (χ1n) is 6.53. The van der Waals surface area contributed by atoms with Crippen LogP contribution in [0.4, 0.5) is 0 Å². The molecule has 1 heterocycles. The maximum atomic E-state index is 4.19. The molecule has 0 amide bonds. The Hall–Kier alpha value is -0.830. The van der Waals surface area contributed by atoms with Crippen molar-refractivity contribution in [3.05, 3.63) is 18.2 Å². The van der Waals surface area contributed by atoms with Gasteiger partial charge in [-0.1, -0.05) is 26.2 Å². The molecular weight excluding hydrogens is 198 g/mol. The fourth-order valence-electron chi connectivity index (χ4n) is 2.73. The first-order valence-corrected chi connectivity index (χ1v) is 6.53.